The van der Waals surface area contributed by atoms with E-state index in [1.165, 1.54) is 39.3 Å². The second-order valence-corrected chi connectivity index (χ2v) is 6.55. The first-order valence-electron chi connectivity index (χ1n) is 8.10. The van der Waals surface area contributed by atoms with Gasteiger partial charge >= 0.3 is 0 Å². The zero-order chi connectivity index (χ0) is 15.2. The van der Waals surface area contributed by atoms with Crippen molar-refractivity contribution in [1.82, 2.24) is 24.5 Å². The molecule has 0 N–H and O–H groups in total. The monoisotopic (exact) mass is 297 g/mol. The molecule has 0 aromatic carbocycles. The molecule has 0 aliphatic carbocycles. The Morgan fingerprint density at radius 1 is 0.810 bits per heavy atom. The average molecular weight is 297 g/mol. The number of hydrogen-bond acceptors (Lipinski definition) is 5. The van der Waals surface area contributed by atoms with Gasteiger partial charge in [0.15, 0.2) is 0 Å². The minimum absolute atomic E-state index is 0.209. The van der Waals surface area contributed by atoms with Crippen LogP contribution in [0.3, 0.4) is 0 Å². The summed E-state index contributed by atoms with van der Waals surface area (Å²) in [5.41, 5.74) is 0. The van der Waals surface area contributed by atoms with Crippen molar-refractivity contribution in [3.05, 3.63) is 0 Å². The second kappa shape index (κ2) is 8.08. The Hall–Kier alpha value is -0.690. The summed E-state index contributed by atoms with van der Waals surface area (Å²) in [5, 5.41) is 0. The van der Waals surface area contributed by atoms with Gasteiger partial charge in [-0.05, 0) is 7.05 Å². The molecule has 2 heterocycles. The van der Waals surface area contributed by atoms with Gasteiger partial charge in [0.05, 0.1) is 6.54 Å². The molecule has 0 radical (unpaired) electrons. The summed E-state index contributed by atoms with van der Waals surface area (Å²) in [7, 11) is 5.86. The third kappa shape index (κ3) is 5.54. The molecule has 21 heavy (non-hydrogen) atoms. The van der Waals surface area contributed by atoms with Crippen LogP contribution in [0.5, 0.6) is 0 Å². The molecular formula is C15H31N5O. The van der Waals surface area contributed by atoms with Gasteiger partial charge < -0.3 is 9.80 Å². The highest BCUT2D eigenvalue weighted by molar-refractivity contribution is 5.77. The average Bonchev–Trinajstić information content (AvgIpc) is 2.48. The highest BCUT2D eigenvalue weighted by atomic mass is 16.2. The zero-order valence-electron chi connectivity index (χ0n) is 13.9. The molecule has 2 rings (SSSR count). The molecule has 0 aromatic rings. The fraction of sp³-hybridized carbons (Fsp3) is 0.933. The van der Waals surface area contributed by atoms with Gasteiger partial charge in [0.25, 0.3) is 0 Å². The van der Waals surface area contributed by atoms with E-state index >= 15 is 0 Å². The van der Waals surface area contributed by atoms with Crippen LogP contribution in [0, 0.1) is 0 Å². The Kier molecular flexibility index (Phi) is 6.41. The quantitative estimate of drug-likeness (QED) is 0.646. The summed E-state index contributed by atoms with van der Waals surface area (Å²) in [6.07, 6.45) is 0. The van der Waals surface area contributed by atoms with Gasteiger partial charge in [0.1, 0.15) is 0 Å². The van der Waals surface area contributed by atoms with Gasteiger partial charge in [-0.15, -0.1) is 0 Å². The third-order valence-electron chi connectivity index (χ3n) is 4.65. The lowest BCUT2D eigenvalue weighted by atomic mass is 10.3. The van der Waals surface area contributed by atoms with Crippen LogP contribution in [-0.2, 0) is 4.79 Å². The van der Waals surface area contributed by atoms with Crippen LogP contribution in [0.4, 0.5) is 0 Å². The van der Waals surface area contributed by atoms with Crippen molar-refractivity contribution in [3.63, 3.8) is 0 Å². The molecule has 2 aliphatic rings. The molecule has 0 spiro atoms. The number of nitrogens with zero attached hydrogens (tertiary/aromatic N) is 5. The second-order valence-electron chi connectivity index (χ2n) is 6.55. The molecule has 0 saturated carbocycles. The van der Waals surface area contributed by atoms with Crippen LogP contribution in [0.2, 0.25) is 0 Å². The predicted octanol–water partition coefficient (Wildman–Crippen LogP) is -1.06. The van der Waals surface area contributed by atoms with E-state index < -0.39 is 0 Å². The minimum atomic E-state index is 0.209. The summed E-state index contributed by atoms with van der Waals surface area (Å²) in [6, 6.07) is 0. The maximum atomic E-state index is 11.7. The summed E-state index contributed by atoms with van der Waals surface area (Å²) in [5.74, 6) is 0.209. The van der Waals surface area contributed by atoms with Crippen molar-refractivity contribution >= 4 is 5.91 Å². The minimum Gasteiger partial charge on any atom is -0.348 e. The first-order chi connectivity index (χ1) is 10.0. The van der Waals surface area contributed by atoms with E-state index in [4.69, 9.17) is 0 Å². The molecule has 122 valence electrons. The first-order valence-corrected chi connectivity index (χ1v) is 8.10. The Morgan fingerprint density at radius 2 is 1.24 bits per heavy atom. The fourth-order valence-corrected chi connectivity index (χ4v) is 2.86. The number of carbonyl (C=O) groups is 1. The smallest absolute Gasteiger partial charge is 0.236 e. The molecule has 0 unspecified atom stereocenters. The van der Waals surface area contributed by atoms with Crippen molar-refractivity contribution in [2.45, 2.75) is 0 Å². The summed E-state index contributed by atoms with van der Waals surface area (Å²) >= 11 is 0. The van der Waals surface area contributed by atoms with E-state index in [1.54, 1.807) is 4.90 Å². The van der Waals surface area contributed by atoms with Crippen LogP contribution in [0.1, 0.15) is 0 Å². The molecule has 2 saturated heterocycles. The standard InChI is InChI=1S/C15H31N5O/c1-16(2)15(21)14-20-12-10-19(11-13-20)9-8-18-6-4-17(3)5-7-18/h4-14H2,1-3H3. The molecule has 0 aromatic heterocycles. The van der Waals surface area contributed by atoms with Crippen LogP contribution in [-0.4, -0.2) is 124 Å². The predicted molar refractivity (Wildman–Crippen MR) is 85.5 cm³/mol. The topological polar surface area (TPSA) is 33.3 Å². The van der Waals surface area contributed by atoms with Crippen LogP contribution >= 0.6 is 0 Å². The Morgan fingerprint density at radius 3 is 1.71 bits per heavy atom. The lowest BCUT2D eigenvalue weighted by Gasteiger charge is -2.37. The normalized spacial score (nSPS) is 23.4. The van der Waals surface area contributed by atoms with E-state index in [-0.39, 0.29) is 5.91 Å². The van der Waals surface area contributed by atoms with E-state index in [0.29, 0.717) is 6.54 Å². The van der Waals surface area contributed by atoms with Gasteiger partial charge in [0, 0.05) is 79.5 Å². The van der Waals surface area contributed by atoms with Gasteiger partial charge in [0.2, 0.25) is 5.91 Å². The summed E-state index contributed by atoms with van der Waals surface area (Å²) in [6.45, 7) is 11.9. The van der Waals surface area contributed by atoms with E-state index in [9.17, 15) is 4.79 Å². The van der Waals surface area contributed by atoms with Gasteiger partial charge in [-0.25, -0.2) is 0 Å². The number of rotatable bonds is 5. The Balaban J connectivity index is 1.60. The molecular weight excluding hydrogens is 266 g/mol. The number of piperazine rings is 2. The molecule has 0 atom stereocenters. The first kappa shape index (κ1) is 16.7. The molecule has 2 fully saturated rings. The molecule has 6 heteroatoms. The highest BCUT2D eigenvalue weighted by Gasteiger charge is 2.20. The van der Waals surface area contributed by atoms with E-state index in [0.717, 1.165) is 26.2 Å². The number of likely N-dealkylation sites (N-methyl/N-ethyl adjacent to an activating group) is 2. The van der Waals surface area contributed by atoms with Crippen molar-refractivity contribution in [1.29, 1.82) is 0 Å². The summed E-state index contributed by atoms with van der Waals surface area (Å²) in [4.78, 5) is 23.2. The Labute approximate surface area is 129 Å². The van der Waals surface area contributed by atoms with Crippen LogP contribution < -0.4 is 0 Å². The summed E-state index contributed by atoms with van der Waals surface area (Å²) < 4.78 is 0. The lowest BCUT2D eigenvalue weighted by Crippen LogP contribution is -2.52. The van der Waals surface area contributed by atoms with Crippen molar-refractivity contribution in [3.8, 4) is 0 Å². The maximum absolute atomic E-state index is 11.7. The Bertz CT molecular complexity index is 320. The molecule has 6 nitrogen and oxygen atoms in total. The van der Waals surface area contributed by atoms with Gasteiger partial charge in [-0.1, -0.05) is 0 Å². The molecule has 1 amide bonds. The van der Waals surface area contributed by atoms with E-state index in [2.05, 4.69) is 26.6 Å². The van der Waals surface area contributed by atoms with Gasteiger partial charge in [-0.3, -0.25) is 19.5 Å². The van der Waals surface area contributed by atoms with Crippen LogP contribution in [0.15, 0.2) is 0 Å². The third-order valence-corrected chi connectivity index (χ3v) is 4.65. The van der Waals surface area contributed by atoms with Crippen molar-refractivity contribution in [2.75, 3.05) is 93.1 Å². The number of carbonyl (C=O) groups excluding carboxylic acids is 1. The fourth-order valence-electron chi connectivity index (χ4n) is 2.86. The SMILES string of the molecule is CN1CCN(CCN2CCN(CC(=O)N(C)C)CC2)CC1. The highest BCUT2D eigenvalue weighted by Crippen LogP contribution is 2.04. The van der Waals surface area contributed by atoms with Crippen molar-refractivity contribution < 1.29 is 4.79 Å². The number of amides is 1. The maximum Gasteiger partial charge on any atom is 0.236 e. The zero-order valence-corrected chi connectivity index (χ0v) is 13.9. The van der Waals surface area contributed by atoms with Crippen LogP contribution in [0.25, 0.3) is 0 Å². The molecule has 2 aliphatic heterocycles. The number of hydrogen-bond donors (Lipinski definition) is 0. The van der Waals surface area contributed by atoms with Gasteiger partial charge in [-0.2, -0.15) is 0 Å². The lowest BCUT2D eigenvalue weighted by molar-refractivity contribution is -0.130. The largest absolute Gasteiger partial charge is 0.348 e. The molecule has 0 bridgehead atoms. The van der Waals surface area contributed by atoms with E-state index in [1.807, 2.05) is 14.1 Å². The van der Waals surface area contributed by atoms with Crippen molar-refractivity contribution in [2.24, 2.45) is 0 Å².